The highest BCUT2D eigenvalue weighted by molar-refractivity contribution is 5.67. The van der Waals surface area contributed by atoms with E-state index in [0.717, 1.165) is 34.7 Å². The van der Waals surface area contributed by atoms with E-state index in [1.165, 1.54) is 0 Å². The molecule has 0 aliphatic rings. The highest BCUT2D eigenvalue weighted by atomic mass is 16.5. The molecular formula is C15H18N2O. The summed E-state index contributed by atoms with van der Waals surface area (Å²) >= 11 is 0. The van der Waals surface area contributed by atoms with Gasteiger partial charge >= 0.3 is 0 Å². The molecule has 0 N–H and O–H groups in total. The van der Waals surface area contributed by atoms with Crippen LogP contribution in [0.15, 0.2) is 37.3 Å². The van der Waals surface area contributed by atoms with Crippen molar-refractivity contribution in [1.82, 2.24) is 9.55 Å². The number of rotatable bonds is 4. The van der Waals surface area contributed by atoms with Crippen molar-refractivity contribution in [3.8, 4) is 11.4 Å². The molecule has 0 aliphatic carbocycles. The molecule has 3 nitrogen and oxygen atoms in total. The van der Waals surface area contributed by atoms with Gasteiger partial charge in [0.25, 0.3) is 0 Å². The predicted octanol–water partition coefficient (Wildman–Crippen LogP) is 3.61. The minimum absolute atomic E-state index is 0.833. The summed E-state index contributed by atoms with van der Waals surface area (Å²) in [5.41, 5.74) is 4.21. The third-order valence-electron chi connectivity index (χ3n) is 3.00. The molecule has 0 fully saturated rings. The molecule has 0 radical (unpaired) electrons. The lowest BCUT2D eigenvalue weighted by Gasteiger charge is -2.12. The van der Waals surface area contributed by atoms with Crippen LogP contribution in [0, 0.1) is 6.92 Å². The van der Waals surface area contributed by atoms with E-state index in [4.69, 9.17) is 4.74 Å². The second-order valence-corrected chi connectivity index (χ2v) is 4.27. The Labute approximate surface area is 108 Å². The molecule has 1 aromatic heterocycles. The number of ether oxygens (including phenoxy) is 1. The first kappa shape index (κ1) is 12.4. The number of benzene rings is 1. The van der Waals surface area contributed by atoms with Gasteiger partial charge in [-0.1, -0.05) is 19.6 Å². The fraction of sp³-hybridized carbons (Fsp3) is 0.267. The van der Waals surface area contributed by atoms with Crippen LogP contribution in [-0.4, -0.2) is 16.7 Å². The number of imidazole rings is 1. The van der Waals surface area contributed by atoms with Crippen LogP contribution in [0.1, 0.15) is 24.6 Å². The maximum atomic E-state index is 5.45. The van der Waals surface area contributed by atoms with Crippen molar-refractivity contribution in [2.24, 2.45) is 0 Å². The van der Waals surface area contributed by atoms with E-state index >= 15 is 0 Å². The van der Waals surface area contributed by atoms with Gasteiger partial charge in [0.1, 0.15) is 5.75 Å². The summed E-state index contributed by atoms with van der Waals surface area (Å²) < 4.78 is 7.42. The Bertz CT molecular complexity index is 570. The average Bonchev–Trinajstić information content (AvgIpc) is 2.83. The van der Waals surface area contributed by atoms with E-state index in [1.807, 2.05) is 29.8 Å². The van der Waals surface area contributed by atoms with Crippen molar-refractivity contribution < 1.29 is 4.74 Å². The monoisotopic (exact) mass is 242 g/mol. The molecular weight excluding hydrogens is 224 g/mol. The summed E-state index contributed by atoms with van der Waals surface area (Å²) in [4.78, 5) is 4.23. The zero-order valence-electron chi connectivity index (χ0n) is 11.1. The number of nitrogens with zero attached hydrogens (tertiary/aromatic N) is 2. The molecule has 0 saturated heterocycles. The van der Waals surface area contributed by atoms with Crippen molar-refractivity contribution in [1.29, 1.82) is 0 Å². The van der Waals surface area contributed by atoms with Crippen LogP contribution in [0.3, 0.4) is 0 Å². The van der Waals surface area contributed by atoms with Gasteiger partial charge in [0.2, 0.25) is 0 Å². The van der Waals surface area contributed by atoms with Gasteiger partial charge in [0.05, 0.1) is 24.8 Å². The zero-order chi connectivity index (χ0) is 13.1. The molecule has 94 valence electrons. The minimum atomic E-state index is 0.833. The topological polar surface area (TPSA) is 27.1 Å². The second kappa shape index (κ2) is 5.08. The van der Waals surface area contributed by atoms with Gasteiger partial charge in [-0.15, -0.1) is 0 Å². The molecule has 1 heterocycles. The molecule has 0 aliphatic heterocycles. The number of hydrogen-bond acceptors (Lipinski definition) is 2. The maximum Gasteiger partial charge on any atom is 0.143 e. The highest BCUT2D eigenvalue weighted by Crippen LogP contribution is 2.28. The third-order valence-corrected chi connectivity index (χ3v) is 3.00. The lowest BCUT2D eigenvalue weighted by atomic mass is 10.0. The number of allylic oxidation sites excluding steroid dienone is 1. The summed E-state index contributed by atoms with van der Waals surface area (Å²) in [6.07, 6.45) is 4.71. The molecule has 2 aromatic rings. The Hall–Kier alpha value is -2.03. The van der Waals surface area contributed by atoms with Gasteiger partial charge in [-0.25, -0.2) is 4.98 Å². The van der Waals surface area contributed by atoms with Gasteiger partial charge in [-0.2, -0.15) is 0 Å². The zero-order valence-corrected chi connectivity index (χ0v) is 11.1. The molecule has 0 unspecified atom stereocenters. The van der Waals surface area contributed by atoms with Crippen LogP contribution in [0.4, 0.5) is 0 Å². The Morgan fingerprint density at radius 2 is 2.22 bits per heavy atom. The fourth-order valence-corrected chi connectivity index (χ4v) is 1.87. The minimum Gasteiger partial charge on any atom is -0.495 e. The van der Waals surface area contributed by atoms with Crippen molar-refractivity contribution in [3.05, 3.63) is 48.6 Å². The quantitative estimate of drug-likeness (QED) is 0.819. The SMILES string of the molecule is C=C(CC)c1ccc(-n2cnc(C)c2)c(OC)c1. The molecule has 0 spiro atoms. The largest absolute Gasteiger partial charge is 0.495 e. The van der Waals surface area contributed by atoms with E-state index in [-0.39, 0.29) is 0 Å². The summed E-state index contributed by atoms with van der Waals surface area (Å²) in [5.74, 6) is 0.833. The standard InChI is InChI=1S/C15H18N2O/c1-5-11(2)13-6-7-14(15(8-13)18-4)17-9-12(3)16-10-17/h6-10H,2,5H2,1,3-4H3. The van der Waals surface area contributed by atoms with E-state index in [9.17, 15) is 0 Å². The van der Waals surface area contributed by atoms with E-state index in [0.29, 0.717) is 0 Å². The third kappa shape index (κ3) is 2.30. The molecule has 2 rings (SSSR count). The summed E-state index contributed by atoms with van der Waals surface area (Å²) in [7, 11) is 1.68. The van der Waals surface area contributed by atoms with Crippen LogP contribution in [0.5, 0.6) is 5.75 Å². The van der Waals surface area contributed by atoms with E-state index in [2.05, 4.69) is 24.6 Å². The van der Waals surface area contributed by atoms with Gasteiger partial charge in [0.15, 0.2) is 0 Å². The van der Waals surface area contributed by atoms with Crippen LogP contribution >= 0.6 is 0 Å². The van der Waals surface area contributed by atoms with Gasteiger partial charge in [-0.05, 0) is 36.6 Å². The molecule has 0 atom stereocenters. The van der Waals surface area contributed by atoms with Gasteiger partial charge in [0, 0.05) is 6.20 Å². The number of methoxy groups -OCH3 is 1. The number of aromatic nitrogens is 2. The predicted molar refractivity (Wildman–Crippen MR) is 74.2 cm³/mol. The summed E-state index contributed by atoms with van der Waals surface area (Å²) in [5, 5.41) is 0. The first-order valence-electron chi connectivity index (χ1n) is 6.03. The average molecular weight is 242 g/mol. The molecule has 0 amide bonds. The maximum absolute atomic E-state index is 5.45. The lowest BCUT2D eigenvalue weighted by molar-refractivity contribution is 0.412. The van der Waals surface area contributed by atoms with Crippen LogP contribution in [-0.2, 0) is 0 Å². The Kier molecular flexibility index (Phi) is 3.51. The first-order valence-corrected chi connectivity index (χ1v) is 6.03. The molecule has 18 heavy (non-hydrogen) atoms. The Balaban J connectivity index is 2.46. The van der Waals surface area contributed by atoms with Crippen molar-refractivity contribution in [2.75, 3.05) is 7.11 Å². The van der Waals surface area contributed by atoms with E-state index in [1.54, 1.807) is 13.4 Å². The number of aryl methyl sites for hydroxylation is 1. The Morgan fingerprint density at radius 3 is 2.78 bits per heavy atom. The second-order valence-electron chi connectivity index (χ2n) is 4.27. The number of hydrogen-bond donors (Lipinski definition) is 0. The summed E-state index contributed by atoms with van der Waals surface area (Å²) in [6, 6.07) is 6.13. The van der Waals surface area contributed by atoms with Crippen LogP contribution in [0.2, 0.25) is 0 Å². The first-order chi connectivity index (χ1) is 8.65. The lowest BCUT2D eigenvalue weighted by Crippen LogP contribution is -1.96. The van der Waals surface area contributed by atoms with Crippen molar-refractivity contribution >= 4 is 5.57 Å². The van der Waals surface area contributed by atoms with Gasteiger partial charge in [-0.3, -0.25) is 0 Å². The molecule has 0 saturated carbocycles. The van der Waals surface area contributed by atoms with Crippen LogP contribution < -0.4 is 4.74 Å². The fourth-order valence-electron chi connectivity index (χ4n) is 1.87. The van der Waals surface area contributed by atoms with Crippen LogP contribution in [0.25, 0.3) is 11.3 Å². The highest BCUT2D eigenvalue weighted by Gasteiger charge is 2.08. The summed E-state index contributed by atoms with van der Waals surface area (Å²) in [6.45, 7) is 8.12. The van der Waals surface area contributed by atoms with Crippen molar-refractivity contribution in [3.63, 3.8) is 0 Å². The molecule has 1 aromatic carbocycles. The van der Waals surface area contributed by atoms with Crippen molar-refractivity contribution in [2.45, 2.75) is 20.3 Å². The molecule has 0 bridgehead atoms. The van der Waals surface area contributed by atoms with E-state index < -0.39 is 0 Å². The Morgan fingerprint density at radius 1 is 1.44 bits per heavy atom. The molecule has 3 heteroatoms. The van der Waals surface area contributed by atoms with Gasteiger partial charge < -0.3 is 9.30 Å². The normalized spacial score (nSPS) is 10.4. The smallest absolute Gasteiger partial charge is 0.143 e.